The molecule has 0 aliphatic carbocycles. The van der Waals surface area contributed by atoms with Gasteiger partial charge in [0.2, 0.25) is 0 Å². The van der Waals surface area contributed by atoms with Crippen LogP contribution in [0.5, 0.6) is 17.2 Å². The largest absolute Gasteiger partial charge is 0.508 e. The molecule has 0 spiro atoms. The van der Waals surface area contributed by atoms with Crippen LogP contribution in [-0.4, -0.2) is 23.1 Å². The van der Waals surface area contributed by atoms with Crippen LogP contribution >= 0.6 is 0 Å². The second-order valence-corrected chi connectivity index (χ2v) is 4.03. The average molecular weight is 274 g/mol. The normalized spacial score (nSPS) is 12.2. The van der Waals surface area contributed by atoms with E-state index in [4.69, 9.17) is 4.74 Å². The number of carbonyl (C=O) groups is 1. The molecule has 0 aliphatic heterocycles. The lowest BCUT2D eigenvalue weighted by atomic mass is 10.1. The second kappa shape index (κ2) is 7.19. The summed E-state index contributed by atoms with van der Waals surface area (Å²) in [6, 6.07) is 2.38. The summed E-state index contributed by atoms with van der Waals surface area (Å²) in [7, 11) is 1.37. The quantitative estimate of drug-likeness (QED) is 0.491. The summed E-state index contributed by atoms with van der Waals surface area (Å²) in [6.45, 7) is 3.75. The fourth-order valence-corrected chi connectivity index (χ4v) is 1.69. The summed E-state index contributed by atoms with van der Waals surface area (Å²) in [5.74, 6) is -0.749. The van der Waals surface area contributed by atoms with Gasteiger partial charge in [-0.1, -0.05) is 24.3 Å². The predicted molar refractivity (Wildman–Crippen MR) is 78.4 cm³/mol. The molecule has 20 heavy (non-hydrogen) atoms. The molecular weight excluding hydrogens is 256 g/mol. The average Bonchev–Trinajstić information content (AvgIpc) is 2.42. The molecule has 4 nitrogen and oxygen atoms in total. The highest BCUT2D eigenvalue weighted by molar-refractivity contribution is 6.09. The van der Waals surface area contributed by atoms with Gasteiger partial charge in [-0.3, -0.25) is 4.79 Å². The van der Waals surface area contributed by atoms with Crippen molar-refractivity contribution in [3.63, 3.8) is 0 Å². The maximum atomic E-state index is 12.1. The SMILES string of the molecule is C\C=C/C(/C=C/C(=O)c1c(O)cc(O)cc1OC)=C\C. The number of ketones is 1. The minimum Gasteiger partial charge on any atom is -0.508 e. The lowest BCUT2D eigenvalue weighted by Crippen LogP contribution is -1.99. The molecule has 0 aromatic heterocycles. The van der Waals surface area contributed by atoms with Gasteiger partial charge in [0.1, 0.15) is 22.8 Å². The van der Waals surface area contributed by atoms with E-state index in [1.807, 2.05) is 32.1 Å². The molecule has 2 N–H and O–H groups in total. The zero-order chi connectivity index (χ0) is 15.1. The van der Waals surface area contributed by atoms with Crippen molar-refractivity contribution in [3.8, 4) is 17.2 Å². The van der Waals surface area contributed by atoms with Crippen LogP contribution in [0.2, 0.25) is 0 Å². The molecule has 1 aromatic carbocycles. The van der Waals surface area contributed by atoms with Crippen molar-refractivity contribution in [2.45, 2.75) is 13.8 Å². The summed E-state index contributed by atoms with van der Waals surface area (Å²) in [6.07, 6.45) is 8.58. The number of benzene rings is 1. The Balaban J connectivity index is 3.13. The number of rotatable bonds is 5. The Kier molecular flexibility index (Phi) is 5.59. The fraction of sp³-hybridized carbons (Fsp3) is 0.188. The first-order chi connectivity index (χ1) is 9.53. The van der Waals surface area contributed by atoms with Crippen molar-refractivity contribution in [2.24, 2.45) is 0 Å². The second-order valence-electron chi connectivity index (χ2n) is 4.03. The number of hydrogen-bond acceptors (Lipinski definition) is 4. The Hall–Kier alpha value is -2.49. The van der Waals surface area contributed by atoms with E-state index in [0.29, 0.717) is 0 Å². The Morgan fingerprint density at radius 3 is 2.40 bits per heavy atom. The van der Waals surface area contributed by atoms with E-state index in [0.717, 1.165) is 11.6 Å². The van der Waals surface area contributed by atoms with Crippen molar-refractivity contribution in [1.82, 2.24) is 0 Å². The molecule has 0 atom stereocenters. The first kappa shape index (κ1) is 15.6. The molecule has 0 fully saturated rings. The van der Waals surface area contributed by atoms with Crippen LogP contribution in [-0.2, 0) is 0 Å². The first-order valence-corrected chi connectivity index (χ1v) is 6.14. The maximum Gasteiger partial charge on any atom is 0.193 e. The molecule has 4 heteroatoms. The number of phenols is 2. The zero-order valence-electron chi connectivity index (χ0n) is 11.8. The van der Waals surface area contributed by atoms with Gasteiger partial charge in [-0.2, -0.15) is 0 Å². The van der Waals surface area contributed by atoms with Gasteiger partial charge >= 0.3 is 0 Å². The van der Waals surface area contributed by atoms with Crippen LogP contribution in [0.15, 0.2) is 48.1 Å². The molecular formula is C16H18O4. The Labute approximate surface area is 118 Å². The van der Waals surface area contributed by atoms with Crippen molar-refractivity contribution < 1.29 is 19.7 Å². The van der Waals surface area contributed by atoms with Gasteiger partial charge in [0.25, 0.3) is 0 Å². The first-order valence-electron chi connectivity index (χ1n) is 6.14. The van der Waals surface area contributed by atoms with Crippen LogP contribution < -0.4 is 4.74 Å². The molecule has 0 saturated heterocycles. The van der Waals surface area contributed by atoms with Crippen LogP contribution in [0, 0.1) is 0 Å². The highest BCUT2D eigenvalue weighted by atomic mass is 16.5. The maximum absolute atomic E-state index is 12.1. The van der Waals surface area contributed by atoms with Crippen molar-refractivity contribution in [3.05, 3.63) is 53.6 Å². The molecule has 106 valence electrons. The van der Waals surface area contributed by atoms with Gasteiger partial charge < -0.3 is 14.9 Å². The molecule has 0 radical (unpaired) electrons. The third kappa shape index (κ3) is 3.75. The fourth-order valence-electron chi connectivity index (χ4n) is 1.69. The van der Waals surface area contributed by atoms with Crippen LogP contribution in [0.4, 0.5) is 0 Å². The number of phenolic OH excluding ortho intramolecular Hbond substituents is 2. The van der Waals surface area contributed by atoms with E-state index in [9.17, 15) is 15.0 Å². The molecule has 1 rings (SSSR count). The van der Waals surface area contributed by atoms with Crippen LogP contribution in [0.25, 0.3) is 0 Å². The Bertz CT molecular complexity index is 580. The van der Waals surface area contributed by atoms with E-state index < -0.39 is 5.78 Å². The van der Waals surface area contributed by atoms with E-state index in [-0.39, 0.29) is 22.8 Å². The molecule has 0 bridgehead atoms. The number of ether oxygens (including phenoxy) is 1. The number of hydrogen-bond donors (Lipinski definition) is 2. The number of aromatic hydroxyl groups is 2. The van der Waals surface area contributed by atoms with E-state index in [2.05, 4.69) is 0 Å². The smallest absolute Gasteiger partial charge is 0.193 e. The molecule has 0 aliphatic rings. The molecule has 0 saturated carbocycles. The van der Waals surface area contributed by atoms with Gasteiger partial charge in [-0.15, -0.1) is 0 Å². The van der Waals surface area contributed by atoms with Gasteiger partial charge in [0, 0.05) is 12.1 Å². The molecule has 0 unspecified atom stereocenters. The molecule has 1 aromatic rings. The van der Waals surface area contributed by atoms with Crippen LogP contribution in [0.3, 0.4) is 0 Å². The summed E-state index contributed by atoms with van der Waals surface area (Å²) in [5, 5.41) is 19.1. The Morgan fingerprint density at radius 2 is 1.85 bits per heavy atom. The minimum absolute atomic E-state index is 0.0254. The van der Waals surface area contributed by atoms with Gasteiger partial charge in [-0.25, -0.2) is 0 Å². The van der Waals surface area contributed by atoms with E-state index in [1.165, 1.54) is 19.3 Å². The Morgan fingerprint density at radius 1 is 1.15 bits per heavy atom. The summed E-state index contributed by atoms with van der Waals surface area (Å²) < 4.78 is 5.01. The lowest BCUT2D eigenvalue weighted by Gasteiger charge is -2.08. The van der Waals surface area contributed by atoms with Crippen molar-refractivity contribution >= 4 is 5.78 Å². The van der Waals surface area contributed by atoms with E-state index >= 15 is 0 Å². The number of allylic oxidation sites excluding steroid dienone is 6. The monoisotopic (exact) mass is 274 g/mol. The highest BCUT2D eigenvalue weighted by Crippen LogP contribution is 2.33. The number of methoxy groups -OCH3 is 1. The topological polar surface area (TPSA) is 66.8 Å². The lowest BCUT2D eigenvalue weighted by molar-refractivity contribution is 0.104. The van der Waals surface area contributed by atoms with E-state index in [1.54, 1.807) is 6.08 Å². The number of carbonyl (C=O) groups excluding carboxylic acids is 1. The highest BCUT2D eigenvalue weighted by Gasteiger charge is 2.16. The molecule has 0 amide bonds. The van der Waals surface area contributed by atoms with Crippen LogP contribution in [0.1, 0.15) is 24.2 Å². The minimum atomic E-state index is -0.400. The summed E-state index contributed by atoms with van der Waals surface area (Å²) in [5.41, 5.74) is 0.899. The van der Waals surface area contributed by atoms with Gasteiger partial charge in [0.05, 0.1) is 7.11 Å². The third-order valence-corrected chi connectivity index (χ3v) is 2.65. The van der Waals surface area contributed by atoms with Gasteiger partial charge in [-0.05, 0) is 25.5 Å². The van der Waals surface area contributed by atoms with Crippen molar-refractivity contribution in [2.75, 3.05) is 7.11 Å². The summed E-state index contributed by atoms with van der Waals surface area (Å²) >= 11 is 0. The zero-order valence-corrected chi connectivity index (χ0v) is 11.8. The van der Waals surface area contributed by atoms with Crippen molar-refractivity contribution in [1.29, 1.82) is 0 Å². The predicted octanol–water partition coefficient (Wildman–Crippen LogP) is 3.37. The van der Waals surface area contributed by atoms with Gasteiger partial charge in [0.15, 0.2) is 5.78 Å². The third-order valence-electron chi connectivity index (χ3n) is 2.65. The standard InChI is InChI=1S/C16H18O4/c1-4-6-11(5-2)7-8-13(18)16-14(19)9-12(17)10-15(16)20-3/h4-10,17,19H,1-3H3/b6-4-,8-7+,11-5+. The summed E-state index contributed by atoms with van der Waals surface area (Å²) in [4.78, 5) is 12.1. The molecule has 0 heterocycles.